The molecular weight excluding hydrogens is 328 g/mol. The molecule has 1 aromatic heterocycles. The smallest absolute Gasteiger partial charge is 0.278 e. The Morgan fingerprint density at radius 2 is 1.92 bits per heavy atom. The second kappa shape index (κ2) is 8.27. The first kappa shape index (κ1) is 18.3. The highest BCUT2D eigenvalue weighted by molar-refractivity contribution is 5.92. The first-order valence-corrected chi connectivity index (χ1v) is 9.26. The van der Waals surface area contributed by atoms with Crippen molar-refractivity contribution in [2.45, 2.75) is 26.7 Å². The maximum absolute atomic E-state index is 12.9. The summed E-state index contributed by atoms with van der Waals surface area (Å²) in [6, 6.07) is 11.0. The Morgan fingerprint density at radius 3 is 2.58 bits per heavy atom. The third-order valence-corrected chi connectivity index (χ3v) is 4.90. The average molecular weight is 354 g/mol. The summed E-state index contributed by atoms with van der Waals surface area (Å²) in [4.78, 5) is 27.0. The molecule has 0 saturated carbocycles. The number of nitrogens with zero attached hydrogens (tertiary/aromatic N) is 3. The number of para-hydroxylation sites is 1. The zero-order valence-electron chi connectivity index (χ0n) is 15.4. The Labute approximate surface area is 153 Å². The van der Waals surface area contributed by atoms with E-state index in [-0.39, 0.29) is 17.0 Å². The number of aryl methyl sites for hydroxylation is 1. The van der Waals surface area contributed by atoms with Crippen LogP contribution in [0.3, 0.4) is 0 Å². The van der Waals surface area contributed by atoms with Gasteiger partial charge in [-0.15, -0.1) is 0 Å². The molecule has 1 amide bonds. The zero-order chi connectivity index (χ0) is 18.5. The third-order valence-electron chi connectivity index (χ3n) is 4.90. The highest BCUT2D eigenvalue weighted by atomic mass is 16.2. The molecule has 2 aromatic rings. The normalized spacial score (nSPS) is 15.2. The minimum Gasteiger partial charge on any atom is -0.337 e. The lowest BCUT2D eigenvalue weighted by molar-refractivity contribution is 0.0681. The van der Waals surface area contributed by atoms with E-state index in [1.165, 1.54) is 6.07 Å². The van der Waals surface area contributed by atoms with Gasteiger partial charge in [-0.2, -0.15) is 5.10 Å². The van der Waals surface area contributed by atoms with Crippen LogP contribution in [0.5, 0.6) is 0 Å². The summed E-state index contributed by atoms with van der Waals surface area (Å²) in [6.07, 6.45) is 1.91. The van der Waals surface area contributed by atoms with Crippen molar-refractivity contribution < 1.29 is 4.79 Å². The van der Waals surface area contributed by atoms with E-state index in [1.807, 2.05) is 37.3 Å². The van der Waals surface area contributed by atoms with Gasteiger partial charge in [0.1, 0.15) is 0 Å². The van der Waals surface area contributed by atoms with Gasteiger partial charge in [0.25, 0.3) is 5.91 Å². The number of benzene rings is 1. The largest absolute Gasteiger partial charge is 0.337 e. The first-order chi connectivity index (χ1) is 12.6. The van der Waals surface area contributed by atoms with Crippen LogP contribution < -0.4 is 10.7 Å². The Morgan fingerprint density at radius 1 is 1.23 bits per heavy atom. The molecule has 1 aliphatic rings. The lowest BCUT2D eigenvalue weighted by Gasteiger charge is -2.31. The van der Waals surface area contributed by atoms with E-state index in [9.17, 15) is 9.59 Å². The number of carbonyl (C=O) groups excluding carboxylic acids is 1. The molecule has 1 fully saturated rings. The van der Waals surface area contributed by atoms with E-state index in [4.69, 9.17) is 0 Å². The molecule has 1 saturated heterocycles. The van der Waals surface area contributed by atoms with Gasteiger partial charge in [-0.05, 0) is 50.9 Å². The summed E-state index contributed by atoms with van der Waals surface area (Å²) in [5.74, 6) is 0.326. The van der Waals surface area contributed by atoms with E-state index < -0.39 is 0 Å². The summed E-state index contributed by atoms with van der Waals surface area (Å²) >= 11 is 0. The van der Waals surface area contributed by atoms with E-state index in [0.29, 0.717) is 24.7 Å². The van der Waals surface area contributed by atoms with Gasteiger partial charge in [0.2, 0.25) is 5.43 Å². The van der Waals surface area contributed by atoms with Crippen LogP contribution >= 0.6 is 0 Å². The summed E-state index contributed by atoms with van der Waals surface area (Å²) in [5.41, 5.74) is 1.24. The number of aromatic nitrogens is 2. The van der Waals surface area contributed by atoms with Crippen molar-refractivity contribution in [3.05, 3.63) is 58.0 Å². The highest BCUT2D eigenvalue weighted by Crippen LogP contribution is 2.18. The predicted molar refractivity (Wildman–Crippen MR) is 102 cm³/mol. The van der Waals surface area contributed by atoms with Crippen molar-refractivity contribution in [1.82, 2.24) is 20.0 Å². The Bertz CT molecular complexity index is 808. The molecule has 0 spiro atoms. The lowest BCUT2D eigenvalue weighted by atomic mass is 9.96. The number of hydrogen-bond acceptors (Lipinski definition) is 4. The van der Waals surface area contributed by atoms with E-state index >= 15 is 0 Å². The van der Waals surface area contributed by atoms with Crippen molar-refractivity contribution >= 4 is 5.91 Å². The first-order valence-electron chi connectivity index (χ1n) is 9.26. The molecule has 6 heteroatoms. The minimum absolute atomic E-state index is 0.00425. The Balaban J connectivity index is 1.79. The van der Waals surface area contributed by atoms with Gasteiger partial charge < -0.3 is 10.2 Å². The van der Waals surface area contributed by atoms with Crippen LogP contribution in [-0.4, -0.2) is 46.8 Å². The van der Waals surface area contributed by atoms with Gasteiger partial charge >= 0.3 is 0 Å². The number of carbonyl (C=O) groups is 1. The molecule has 1 aliphatic heterocycles. The van der Waals surface area contributed by atoms with Gasteiger partial charge in [0, 0.05) is 24.8 Å². The maximum atomic E-state index is 12.9. The van der Waals surface area contributed by atoms with Gasteiger partial charge in [-0.3, -0.25) is 9.59 Å². The maximum Gasteiger partial charge on any atom is 0.278 e. The van der Waals surface area contributed by atoms with Crippen LogP contribution in [0.25, 0.3) is 5.69 Å². The van der Waals surface area contributed by atoms with Crippen LogP contribution in [0.1, 0.15) is 35.9 Å². The van der Waals surface area contributed by atoms with Crippen molar-refractivity contribution in [1.29, 1.82) is 0 Å². The minimum atomic E-state index is -0.311. The molecule has 0 radical (unpaired) electrons. The number of hydrogen-bond donors (Lipinski definition) is 1. The molecule has 0 unspecified atom stereocenters. The second-order valence-corrected chi connectivity index (χ2v) is 6.79. The highest BCUT2D eigenvalue weighted by Gasteiger charge is 2.26. The molecule has 6 nitrogen and oxygen atoms in total. The molecule has 1 aromatic carbocycles. The molecule has 2 heterocycles. The van der Waals surface area contributed by atoms with Crippen LogP contribution in [-0.2, 0) is 0 Å². The fourth-order valence-corrected chi connectivity index (χ4v) is 3.36. The molecule has 1 N–H and O–H groups in total. The summed E-state index contributed by atoms with van der Waals surface area (Å²) < 4.78 is 1.66. The topological polar surface area (TPSA) is 67.2 Å². The molecular formula is C20H26N4O2. The zero-order valence-corrected chi connectivity index (χ0v) is 15.4. The molecule has 26 heavy (non-hydrogen) atoms. The van der Waals surface area contributed by atoms with E-state index in [1.54, 1.807) is 9.58 Å². The van der Waals surface area contributed by atoms with Crippen LogP contribution in [0.2, 0.25) is 0 Å². The standard InChI is InChI=1S/C20H26N4O2/c1-3-21-14-16-9-11-23(12-10-16)20(26)19-18(25)13-15(2)24(22-19)17-7-5-4-6-8-17/h4-8,13,16,21H,3,9-12,14H2,1-2H3. The molecule has 0 aliphatic carbocycles. The molecule has 0 bridgehead atoms. The van der Waals surface area contributed by atoms with Crippen molar-refractivity contribution in [3.8, 4) is 5.69 Å². The summed E-state index contributed by atoms with van der Waals surface area (Å²) in [5, 5.41) is 7.75. The Kier molecular flexibility index (Phi) is 5.83. The quantitative estimate of drug-likeness (QED) is 0.892. The third kappa shape index (κ3) is 4.02. The molecule has 0 atom stereocenters. The van der Waals surface area contributed by atoms with Crippen LogP contribution in [0, 0.1) is 12.8 Å². The summed E-state index contributed by atoms with van der Waals surface area (Å²) in [7, 11) is 0. The average Bonchev–Trinajstić information content (AvgIpc) is 2.67. The van der Waals surface area contributed by atoms with Gasteiger partial charge in [0.05, 0.1) is 5.69 Å². The number of nitrogens with one attached hydrogen (secondary N) is 1. The Hall–Kier alpha value is -2.47. The predicted octanol–water partition coefficient (Wildman–Crippen LogP) is 2.00. The van der Waals surface area contributed by atoms with Crippen molar-refractivity contribution in [3.63, 3.8) is 0 Å². The van der Waals surface area contributed by atoms with E-state index in [0.717, 1.165) is 31.6 Å². The number of amides is 1. The van der Waals surface area contributed by atoms with Crippen molar-refractivity contribution in [2.24, 2.45) is 5.92 Å². The van der Waals surface area contributed by atoms with Crippen LogP contribution in [0.15, 0.2) is 41.2 Å². The van der Waals surface area contributed by atoms with E-state index in [2.05, 4.69) is 17.3 Å². The fraction of sp³-hybridized carbons (Fsp3) is 0.450. The van der Waals surface area contributed by atoms with Gasteiger partial charge in [0.15, 0.2) is 5.69 Å². The number of likely N-dealkylation sites (tertiary alicyclic amines) is 1. The van der Waals surface area contributed by atoms with Gasteiger partial charge in [-0.1, -0.05) is 25.1 Å². The van der Waals surface area contributed by atoms with Crippen LogP contribution in [0.4, 0.5) is 0 Å². The second-order valence-electron chi connectivity index (χ2n) is 6.79. The monoisotopic (exact) mass is 354 g/mol. The summed E-state index contributed by atoms with van der Waals surface area (Å²) in [6.45, 7) is 7.22. The SMILES string of the molecule is CCNCC1CCN(C(=O)c2nn(-c3ccccc3)c(C)cc2=O)CC1. The number of piperidine rings is 1. The number of rotatable bonds is 5. The fourth-order valence-electron chi connectivity index (χ4n) is 3.36. The molecule has 138 valence electrons. The molecule has 3 rings (SSSR count). The van der Waals surface area contributed by atoms with Crippen molar-refractivity contribution in [2.75, 3.05) is 26.2 Å². The lowest BCUT2D eigenvalue weighted by Crippen LogP contribution is -2.43. The van der Waals surface area contributed by atoms with Gasteiger partial charge in [-0.25, -0.2) is 4.68 Å².